The summed E-state index contributed by atoms with van der Waals surface area (Å²) in [4.78, 5) is 18.6. The molecule has 0 unspecified atom stereocenters. The zero-order chi connectivity index (χ0) is 14.8. The van der Waals surface area contributed by atoms with Crippen LogP contribution in [0.25, 0.3) is 0 Å². The van der Waals surface area contributed by atoms with E-state index < -0.39 is 0 Å². The summed E-state index contributed by atoms with van der Waals surface area (Å²) in [5, 5.41) is 3.22. The number of H-pyrrole nitrogens is 1. The molecule has 3 rings (SSSR count). The Balaban J connectivity index is 1.66. The van der Waals surface area contributed by atoms with E-state index >= 15 is 0 Å². The third-order valence-electron chi connectivity index (χ3n) is 3.84. The average molecular weight is 349 g/mol. The molecular weight excluding hydrogens is 332 g/mol. The lowest BCUT2D eigenvalue weighted by Gasteiger charge is -2.24. The van der Waals surface area contributed by atoms with Crippen LogP contribution in [-0.2, 0) is 12.8 Å². The highest BCUT2D eigenvalue weighted by atomic mass is 79.9. The highest BCUT2D eigenvalue weighted by Gasteiger charge is 2.22. The summed E-state index contributed by atoms with van der Waals surface area (Å²) in [6.45, 7) is 0.833. The maximum Gasteiger partial charge on any atom is 0.257 e. The van der Waals surface area contributed by atoms with Crippen molar-refractivity contribution in [3.05, 3.63) is 50.2 Å². The first-order valence-corrected chi connectivity index (χ1v) is 7.78. The van der Waals surface area contributed by atoms with Crippen LogP contribution in [0, 0.1) is 5.92 Å². The second-order valence-electron chi connectivity index (χ2n) is 5.39. The molecule has 4 N–H and O–H groups in total. The van der Waals surface area contributed by atoms with Crippen molar-refractivity contribution in [2.45, 2.75) is 19.3 Å². The second kappa shape index (κ2) is 5.89. The molecule has 0 bridgehead atoms. The van der Waals surface area contributed by atoms with E-state index in [1.807, 2.05) is 0 Å². The molecule has 21 heavy (non-hydrogen) atoms. The Bertz CT molecular complexity index is 696. The number of aromatic nitrogens is 2. The van der Waals surface area contributed by atoms with Crippen molar-refractivity contribution < 1.29 is 0 Å². The Morgan fingerprint density at radius 2 is 2.10 bits per heavy atom. The SMILES string of the molecule is Nc1nc2c(c(=O)[nH]1)C[C@H](CCc1ccc(Br)cc1)CN2. The number of aryl methyl sites for hydroxylation is 1. The van der Waals surface area contributed by atoms with E-state index in [1.54, 1.807) is 0 Å². The Morgan fingerprint density at radius 1 is 1.33 bits per heavy atom. The van der Waals surface area contributed by atoms with Crippen molar-refractivity contribution >= 4 is 27.7 Å². The fourth-order valence-corrected chi connectivity index (χ4v) is 2.94. The van der Waals surface area contributed by atoms with Gasteiger partial charge < -0.3 is 11.1 Å². The lowest BCUT2D eigenvalue weighted by Crippen LogP contribution is -2.30. The van der Waals surface area contributed by atoms with Gasteiger partial charge in [0.05, 0.1) is 5.56 Å². The van der Waals surface area contributed by atoms with Crippen molar-refractivity contribution in [3.63, 3.8) is 0 Å². The highest BCUT2D eigenvalue weighted by Crippen LogP contribution is 2.23. The van der Waals surface area contributed by atoms with E-state index in [2.05, 4.69) is 55.5 Å². The van der Waals surface area contributed by atoms with Crippen LogP contribution in [0.4, 0.5) is 11.8 Å². The summed E-state index contributed by atoms with van der Waals surface area (Å²) in [7, 11) is 0. The van der Waals surface area contributed by atoms with Gasteiger partial charge in [-0.1, -0.05) is 28.1 Å². The molecule has 2 aromatic rings. The minimum absolute atomic E-state index is 0.127. The lowest BCUT2D eigenvalue weighted by molar-refractivity contribution is 0.491. The Labute approximate surface area is 131 Å². The highest BCUT2D eigenvalue weighted by molar-refractivity contribution is 9.10. The molecular formula is C15H17BrN4O. The Morgan fingerprint density at radius 3 is 2.86 bits per heavy atom. The number of hydrogen-bond donors (Lipinski definition) is 3. The predicted molar refractivity (Wildman–Crippen MR) is 87.4 cm³/mol. The first-order chi connectivity index (χ1) is 10.1. The van der Waals surface area contributed by atoms with Gasteiger partial charge in [-0.05, 0) is 42.9 Å². The first-order valence-electron chi connectivity index (χ1n) is 6.99. The van der Waals surface area contributed by atoms with Crippen LogP contribution in [0.1, 0.15) is 17.5 Å². The Hall–Kier alpha value is -1.82. The zero-order valence-corrected chi connectivity index (χ0v) is 13.1. The van der Waals surface area contributed by atoms with Gasteiger partial charge in [-0.2, -0.15) is 4.98 Å². The number of halogens is 1. The Kier molecular flexibility index (Phi) is 3.96. The normalized spacial score (nSPS) is 17.1. The number of rotatable bonds is 3. The molecule has 1 aromatic carbocycles. The fourth-order valence-electron chi connectivity index (χ4n) is 2.68. The van der Waals surface area contributed by atoms with Crippen molar-refractivity contribution in [1.82, 2.24) is 9.97 Å². The number of nitrogens with two attached hydrogens (primary N) is 1. The quantitative estimate of drug-likeness (QED) is 0.794. The molecule has 1 aromatic heterocycles. The molecule has 5 nitrogen and oxygen atoms in total. The number of anilines is 2. The number of nitrogen functional groups attached to an aromatic ring is 1. The topological polar surface area (TPSA) is 83.8 Å². The number of nitrogens with one attached hydrogen (secondary N) is 2. The van der Waals surface area contributed by atoms with Crippen LogP contribution in [0.3, 0.4) is 0 Å². The molecule has 0 saturated heterocycles. The predicted octanol–water partition coefficient (Wildman–Crippen LogP) is 2.33. The molecule has 0 aliphatic carbocycles. The van der Waals surface area contributed by atoms with Gasteiger partial charge >= 0.3 is 0 Å². The minimum Gasteiger partial charge on any atom is -0.369 e. The fraction of sp³-hybridized carbons (Fsp3) is 0.333. The summed E-state index contributed by atoms with van der Waals surface area (Å²) >= 11 is 3.44. The molecule has 1 aliphatic heterocycles. The summed E-state index contributed by atoms with van der Waals surface area (Å²) in [5.41, 5.74) is 7.46. The molecule has 1 aliphatic rings. The maximum atomic E-state index is 11.9. The summed E-state index contributed by atoms with van der Waals surface area (Å²) in [6, 6.07) is 8.37. The zero-order valence-electron chi connectivity index (χ0n) is 11.5. The van der Waals surface area contributed by atoms with E-state index in [9.17, 15) is 4.79 Å². The van der Waals surface area contributed by atoms with E-state index in [-0.39, 0.29) is 11.5 Å². The van der Waals surface area contributed by atoms with Crippen LogP contribution in [0.15, 0.2) is 33.5 Å². The molecule has 110 valence electrons. The van der Waals surface area contributed by atoms with Gasteiger partial charge in [0.2, 0.25) is 5.95 Å². The standard InChI is InChI=1S/C15H17BrN4O/c16-11-5-3-9(4-6-11)1-2-10-7-12-13(18-8-10)19-15(17)20-14(12)21/h3-6,10H,1-2,7-8H2,(H4,17,18,19,20,21)/t10-/m0/s1. The third-order valence-corrected chi connectivity index (χ3v) is 4.37. The smallest absolute Gasteiger partial charge is 0.257 e. The summed E-state index contributed by atoms with van der Waals surface area (Å²) < 4.78 is 1.09. The number of fused-ring (bicyclic) bond motifs is 1. The number of nitrogens with zero attached hydrogens (tertiary/aromatic N) is 1. The van der Waals surface area contributed by atoms with Gasteiger partial charge in [0.25, 0.3) is 5.56 Å². The van der Waals surface area contributed by atoms with E-state index in [0.717, 1.165) is 35.8 Å². The second-order valence-corrected chi connectivity index (χ2v) is 6.31. The third kappa shape index (κ3) is 3.26. The van der Waals surface area contributed by atoms with E-state index in [0.29, 0.717) is 11.7 Å². The van der Waals surface area contributed by atoms with Crippen molar-refractivity contribution in [1.29, 1.82) is 0 Å². The molecule has 0 saturated carbocycles. The van der Waals surface area contributed by atoms with Crippen LogP contribution >= 0.6 is 15.9 Å². The van der Waals surface area contributed by atoms with Crippen molar-refractivity contribution in [3.8, 4) is 0 Å². The molecule has 1 atom stereocenters. The summed E-state index contributed by atoms with van der Waals surface area (Å²) in [6.07, 6.45) is 2.80. The van der Waals surface area contributed by atoms with Crippen molar-refractivity contribution in [2.24, 2.45) is 5.92 Å². The molecule has 6 heteroatoms. The number of benzene rings is 1. The van der Waals surface area contributed by atoms with Gasteiger partial charge in [-0.3, -0.25) is 9.78 Å². The van der Waals surface area contributed by atoms with Gasteiger partial charge in [0.15, 0.2) is 0 Å². The van der Waals surface area contributed by atoms with Crippen LogP contribution in [0.2, 0.25) is 0 Å². The maximum absolute atomic E-state index is 11.9. The minimum atomic E-state index is -0.127. The molecule has 2 heterocycles. The van der Waals surface area contributed by atoms with E-state index in [4.69, 9.17) is 5.73 Å². The van der Waals surface area contributed by atoms with Gasteiger partial charge in [0.1, 0.15) is 5.82 Å². The van der Waals surface area contributed by atoms with Gasteiger partial charge in [-0.25, -0.2) is 0 Å². The van der Waals surface area contributed by atoms with Gasteiger partial charge in [-0.15, -0.1) is 0 Å². The largest absolute Gasteiger partial charge is 0.369 e. The number of hydrogen-bond acceptors (Lipinski definition) is 4. The van der Waals surface area contributed by atoms with Crippen LogP contribution in [0.5, 0.6) is 0 Å². The van der Waals surface area contributed by atoms with Crippen LogP contribution in [-0.4, -0.2) is 16.5 Å². The van der Waals surface area contributed by atoms with E-state index in [1.165, 1.54) is 5.56 Å². The molecule has 0 fully saturated rings. The lowest BCUT2D eigenvalue weighted by atomic mass is 9.91. The molecule has 0 radical (unpaired) electrons. The summed E-state index contributed by atoms with van der Waals surface area (Å²) in [5.74, 6) is 1.24. The van der Waals surface area contributed by atoms with Crippen LogP contribution < -0.4 is 16.6 Å². The molecule has 0 spiro atoms. The molecule has 0 amide bonds. The van der Waals surface area contributed by atoms with Gasteiger partial charge in [0, 0.05) is 11.0 Å². The first kappa shape index (κ1) is 14.1. The van der Waals surface area contributed by atoms with Crippen molar-refractivity contribution in [2.75, 3.05) is 17.6 Å². The monoisotopic (exact) mass is 348 g/mol. The average Bonchev–Trinajstić information content (AvgIpc) is 2.47. The number of aromatic amines is 1.